The second-order valence-corrected chi connectivity index (χ2v) is 16.9. The van der Waals surface area contributed by atoms with Crippen molar-refractivity contribution in [3.63, 3.8) is 0 Å². The second-order valence-electron chi connectivity index (χ2n) is 15.7. The fourth-order valence-electron chi connectivity index (χ4n) is 8.42. The number of allylic oxidation sites excluding steroid dienone is 1. The second kappa shape index (κ2) is 15.1. The van der Waals surface area contributed by atoms with Gasteiger partial charge in [-0.25, -0.2) is 0 Å². The van der Waals surface area contributed by atoms with E-state index in [0.29, 0.717) is 24.8 Å². The third-order valence-corrected chi connectivity index (χ3v) is 10.9. The molecule has 270 valence electrons. The number of nitrogens with one attached hydrogen (secondary N) is 1. The molecule has 2 N–H and O–H groups in total. The molecular weight excluding hydrogens is 690 g/mol. The maximum Gasteiger partial charge on any atom is 0.313 e. The van der Waals surface area contributed by atoms with Gasteiger partial charge >= 0.3 is 5.97 Å². The number of rotatable bonds is 15. The number of likely N-dealkylation sites (tertiary alicyclic amines) is 1. The van der Waals surface area contributed by atoms with E-state index < -0.39 is 65.2 Å². The van der Waals surface area contributed by atoms with Gasteiger partial charge in [0, 0.05) is 23.3 Å². The van der Waals surface area contributed by atoms with Crippen molar-refractivity contribution in [3.05, 3.63) is 61.2 Å². The Kier molecular flexibility index (Phi) is 11.9. The van der Waals surface area contributed by atoms with Crippen LogP contribution in [0.2, 0.25) is 0 Å². The van der Waals surface area contributed by atoms with Crippen molar-refractivity contribution in [1.82, 2.24) is 15.1 Å². The average Bonchev–Trinajstić information content (AvgIpc) is 3.62. The number of ether oxygens (including phenoxy) is 2. The number of nitrogens with zero attached hydrogens (tertiary/aromatic N) is 2. The van der Waals surface area contributed by atoms with E-state index in [1.165, 1.54) is 4.90 Å². The molecule has 1 spiro atoms. The Balaban J connectivity index is 1.74. The van der Waals surface area contributed by atoms with Crippen molar-refractivity contribution < 1.29 is 33.8 Å². The lowest BCUT2D eigenvalue weighted by atomic mass is 9.70. The first-order valence-corrected chi connectivity index (χ1v) is 18.2. The molecule has 11 heteroatoms. The molecule has 1 aromatic rings. The molecule has 3 aliphatic heterocycles. The number of hydrogen-bond acceptors (Lipinski definition) is 7. The van der Waals surface area contributed by atoms with E-state index >= 15 is 0 Å². The van der Waals surface area contributed by atoms with E-state index in [4.69, 9.17) is 9.47 Å². The van der Waals surface area contributed by atoms with Crippen molar-refractivity contribution in [2.75, 3.05) is 13.2 Å². The third-order valence-electron chi connectivity index (χ3n) is 10.0. The van der Waals surface area contributed by atoms with E-state index in [1.807, 2.05) is 44.2 Å². The molecule has 1 unspecified atom stereocenters. The zero-order chi connectivity index (χ0) is 36.5. The summed E-state index contributed by atoms with van der Waals surface area (Å²) in [6, 6.07) is 6.77. The van der Waals surface area contributed by atoms with Gasteiger partial charge in [0.2, 0.25) is 17.7 Å². The van der Waals surface area contributed by atoms with Gasteiger partial charge in [0.15, 0.2) is 0 Å². The number of fused-ring (bicyclic) bond motifs is 1. The zero-order valence-electron chi connectivity index (χ0n) is 30.0. The van der Waals surface area contributed by atoms with Gasteiger partial charge in [-0.3, -0.25) is 19.2 Å². The summed E-state index contributed by atoms with van der Waals surface area (Å²) in [6.07, 6.45) is 3.51. The Morgan fingerprint density at radius 2 is 1.82 bits per heavy atom. The van der Waals surface area contributed by atoms with Crippen LogP contribution in [0.4, 0.5) is 0 Å². The molecule has 3 saturated heterocycles. The standard InChI is InChI=1S/C38H54BrN3O7/c1-10-12-18-27(44)40-24(4)30(25-16-14-13-15-17-25)48-35(47)28-29-33(45)42(23(3)21-43)32(38(29)20-26(39)31(28)49-38)34(46)41(19-11-2)37(8,9)22-36(5,6)7/h10-11,13-17,23-24,26,28-32,43H,1-2,12,18-22H2,3-9H3,(H,40,44)/t23-,24-,26?,28+,29-,30-,31+,32+,38-/m1/s1. The first-order chi connectivity index (χ1) is 22.9. The highest BCUT2D eigenvalue weighted by molar-refractivity contribution is 9.09. The van der Waals surface area contributed by atoms with Gasteiger partial charge in [0.1, 0.15) is 17.7 Å². The number of esters is 1. The van der Waals surface area contributed by atoms with Crippen LogP contribution < -0.4 is 5.32 Å². The number of alkyl halides is 1. The summed E-state index contributed by atoms with van der Waals surface area (Å²) in [4.78, 5) is 59.4. The lowest BCUT2D eigenvalue weighted by Gasteiger charge is -2.46. The summed E-state index contributed by atoms with van der Waals surface area (Å²) in [5.74, 6) is -3.60. The number of aliphatic hydroxyl groups is 1. The normalized spacial score (nSPS) is 28.0. The summed E-state index contributed by atoms with van der Waals surface area (Å²) in [5, 5.41) is 13.3. The summed E-state index contributed by atoms with van der Waals surface area (Å²) in [5.41, 5.74) is -1.37. The number of amides is 3. The fraction of sp³-hybridized carbons (Fsp3) is 0.632. The number of carbonyl (C=O) groups is 4. The fourth-order valence-corrected chi connectivity index (χ4v) is 9.37. The minimum absolute atomic E-state index is 0.108. The van der Waals surface area contributed by atoms with Gasteiger partial charge in [-0.2, -0.15) is 0 Å². The molecule has 3 aliphatic rings. The minimum Gasteiger partial charge on any atom is -0.455 e. The van der Waals surface area contributed by atoms with Crippen molar-refractivity contribution in [3.8, 4) is 0 Å². The van der Waals surface area contributed by atoms with Gasteiger partial charge in [-0.1, -0.05) is 79.2 Å². The number of hydrogen-bond donors (Lipinski definition) is 2. The maximum atomic E-state index is 14.9. The Hall–Kier alpha value is -3.02. The van der Waals surface area contributed by atoms with Gasteiger partial charge in [-0.15, -0.1) is 13.2 Å². The number of halogens is 1. The molecule has 3 amide bonds. The molecule has 49 heavy (non-hydrogen) atoms. The van der Waals surface area contributed by atoms with Crippen LogP contribution in [0.1, 0.15) is 85.8 Å². The summed E-state index contributed by atoms with van der Waals surface area (Å²) in [7, 11) is 0. The van der Waals surface area contributed by atoms with Crippen LogP contribution in [-0.2, 0) is 28.7 Å². The summed E-state index contributed by atoms with van der Waals surface area (Å²) >= 11 is 3.73. The largest absolute Gasteiger partial charge is 0.455 e. The van der Waals surface area contributed by atoms with Gasteiger partial charge in [0.05, 0.1) is 36.6 Å². The Morgan fingerprint density at radius 1 is 1.16 bits per heavy atom. The van der Waals surface area contributed by atoms with Crippen LogP contribution in [-0.4, -0.2) is 91.9 Å². The first-order valence-electron chi connectivity index (χ1n) is 17.3. The Labute approximate surface area is 299 Å². The quantitative estimate of drug-likeness (QED) is 0.146. The van der Waals surface area contributed by atoms with E-state index in [2.05, 4.69) is 55.2 Å². The molecule has 4 rings (SSSR count). The van der Waals surface area contributed by atoms with Gasteiger partial charge < -0.3 is 29.7 Å². The zero-order valence-corrected chi connectivity index (χ0v) is 31.6. The summed E-state index contributed by atoms with van der Waals surface area (Å²) in [6.45, 7) is 21.3. The smallest absolute Gasteiger partial charge is 0.313 e. The number of aliphatic hydroxyl groups excluding tert-OH is 1. The first kappa shape index (κ1) is 38.8. The average molecular weight is 745 g/mol. The maximum absolute atomic E-state index is 14.9. The minimum atomic E-state index is -1.33. The Bertz CT molecular complexity index is 1410. The van der Waals surface area contributed by atoms with Gasteiger partial charge in [0.25, 0.3) is 0 Å². The summed E-state index contributed by atoms with van der Waals surface area (Å²) < 4.78 is 13.0. The highest BCUT2D eigenvalue weighted by Crippen LogP contribution is 2.61. The third kappa shape index (κ3) is 7.69. The van der Waals surface area contributed by atoms with E-state index in [1.54, 1.807) is 30.9 Å². The lowest BCUT2D eigenvalue weighted by molar-refractivity contribution is -0.162. The molecule has 3 heterocycles. The van der Waals surface area contributed by atoms with Crippen LogP contribution in [0.5, 0.6) is 0 Å². The van der Waals surface area contributed by atoms with E-state index in [0.717, 1.165) is 0 Å². The number of benzene rings is 1. The van der Waals surface area contributed by atoms with Crippen molar-refractivity contribution in [2.24, 2.45) is 17.3 Å². The van der Waals surface area contributed by atoms with Crippen LogP contribution in [0.3, 0.4) is 0 Å². The van der Waals surface area contributed by atoms with Crippen LogP contribution >= 0.6 is 15.9 Å². The molecule has 9 atom stereocenters. The predicted molar refractivity (Wildman–Crippen MR) is 191 cm³/mol. The molecule has 1 aromatic carbocycles. The molecule has 2 bridgehead atoms. The van der Waals surface area contributed by atoms with Crippen LogP contribution in [0.15, 0.2) is 55.6 Å². The highest BCUT2D eigenvalue weighted by Gasteiger charge is 2.77. The van der Waals surface area contributed by atoms with Crippen LogP contribution in [0, 0.1) is 17.3 Å². The Morgan fingerprint density at radius 3 is 2.39 bits per heavy atom. The van der Waals surface area contributed by atoms with Crippen LogP contribution in [0.25, 0.3) is 0 Å². The topological polar surface area (TPSA) is 125 Å². The SMILES string of the molecule is C=CCCC(=O)N[C@H](C)[C@@H](OC(=O)[C@@H]1[C@H]2O[C@@]3(CC2Br)[C@H](C(=O)N(CC=C)C(C)(C)CC(C)(C)C)N([C@H](C)CO)C(=O)[C@@H]13)c1ccccc1. The lowest BCUT2D eigenvalue weighted by Crippen LogP contribution is -2.62. The van der Waals surface area contributed by atoms with Crippen molar-refractivity contribution >= 4 is 39.6 Å². The molecule has 0 radical (unpaired) electrons. The number of carbonyl (C=O) groups excluding carboxylic acids is 4. The van der Waals surface area contributed by atoms with E-state index in [-0.39, 0.29) is 41.6 Å². The molecule has 0 saturated carbocycles. The molecule has 10 nitrogen and oxygen atoms in total. The van der Waals surface area contributed by atoms with E-state index in [9.17, 15) is 24.3 Å². The molecule has 3 fully saturated rings. The van der Waals surface area contributed by atoms with Crippen molar-refractivity contribution in [1.29, 1.82) is 0 Å². The molecule has 0 aliphatic carbocycles. The molecule has 0 aromatic heterocycles. The van der Waals surface area contributed by atoms with Crippen molar-refractivity contribution in [2.45, 2.75) is 120 Å². The predicted octanol–water partition coefficient (Wildman–Crippen LogP) is 5.10. The van der Waals surface area contributed by atoms with Gasteiger partial charge in [-0.05, 0) is 57.9 Å². The highest BCUT2D eigenvalue weighted by atomic mass is 79.9. The molecular formula is C38H54BrN3O7. The monoisotopic (exact) mass is 743 g/mol.